The average Bonchev–Trinajstić information content (AvgIpc) is 3.35. The van der Waals surface area contributed by atoms with E-state index in [1.807, 2.05) is 0 Å². The van der Waals surface area contributed by atoms with E-state index in [1.165, 1.54) is 18.9 Å². The van der Waals surface area contributed by atoms with Crippen molar-refractivity contribution in [3.05, 3.63) is 29.6 Å². The number of urea groups is 1. The lowest BCUT2D eigenvalue weighted by molar-refractivity contribution is 0.0975. The molecule has 30 heavy (non-hydrogen) atoms. The van der Waals surface area contributed by atoms with E-state index in [9.17, 15) is 9.18 Å². The number of carbonyl (C=O) groups excluding carboxylic acids is 1. The molecule has 3 fully saturated rings. The molecule has 6 heteroatoms. The fourth-order valence-electron chi connectivity index (χ4n) is 6.41. The van der Waals surface area contributed by atoms with Gasteiger partial charge < -0.3 is 19.9 Å². The summed E-state index contributed by atoms with van der Waals surface area (Å²) in [5, 5.41) is 3.08. The summed E-state index contributed by atoms with van der Waals surface area (Å²) >= 11 is 0. The lowest BCUT2D eigenvalue weighted by Gasteiger charge is -2.41. The molecular formula is C24H34FN3O2. The first-order valence-corrected chi connectivity index (χ1v) is 11.8. The van der Waals surface area contributed by atoms with Gasteiger partial charge in [-0.15, -0.1) is 0 Å². The smallest absolute Gasteiger partial charge is 0.317 e. The molecule has 2 amide bonds. The quantitative estimate of drug-likeness (QED) is 0.814. The number of hydrogen-bond donors (Lipinski definition) is 1. The molecule has 3 unspecified atom stereocenters. The van der Waals surface area contributed by atoms with E-state index >= 15 is 0 Å². The van der Waals surface area contributed by atoms with Gasteiger partial charge >= 0.3 is 6.03 Å². The third kappa shape index (κ3) is 3.47. The Bertz CT molecular complexity index is 793. The number of nitrogens with zero attached hydrogens (tertiary/aromatic N) is 2. The van der Waals surface area contributed by atoms with Crippen molar-refractivity contribution < 1.29 is 13.9 Å². The third-order valence-electron chi connectivity index (χ3n) is 8.08. The predicted molar refractivity (Wildman–Crippen MR) is 114 cm³/mol. The third-order valence-corrected chi connectivity index (χ3v) is 8.08. The number of nitrogens with one attached hydrogen (secondary N) is 1. The average molecular weight is 416 g/mol. The van der Waals surface area contributed by atoms with Crippen LogP contribution in [0.2, 0.25) is 0 Å². The standard InChI is InChI=1S/C24H34FN3O2/c1-2-9-26-23(29)28-10-3-4-17-13-19(15-21(17)28)27-11-7-24(8-12-27)16-30-22-6-5-18(25)14-20(22)24/h5-6,14,17,19,21H,2-4,7-13,15-16H2,1H3,(H,26,29). The van der Waals surface area contributed by atoms with E-state index in [0.29, 0.717) is 24.6 Å². The molecule has 1 aromatic carbocycles. The van der Waals surface area contributed by atoms with Gasteiger partial charge in [0.15, 0.2) is 0 Å². The zero-order valence-electron chi connectivity index (χ0n) is 18.0. The Morgan fingerprint density at radius 3 is 2.90 bits per heavy atom. The number of likely N-dealkylation sites (tertiary alicyclic amines) is 2. The van der Waals surface area contributed by atoms with Crippen LogP contribution in [0.4, 0.5) is 9.18 Å². The van der Waals surface area contributed by atoms with E-state index in [0.717, 1.165) is 69.6 Å². The molecule has 5 rings (SSSR count). The van der Waals surface area contributed by atoms with Crippen LogP contribution in [-0.4, -0.2) is 60.7 Å². The molecule has 4 aliphatic rings. The molecule has 1 N–H and O–H groups in total. The lowest BCUT2D eigenvalue weighted by atomic mass is 9.74. The second-order valence-electron chi connectivity index (χ2n) is 9.77. The van der Waals surface area contributed by atoms with Crippen molar-refractivity contribution in [1.82, 2.24) is 15.1 Å². The van der Waals surface area contributed by atoms with Gasteiger partial charge in [0.1, 0.15) is 11.6 Å². The number of carbonyl (C=O) groups is 1. The number of piperidine rings is 2. The Balaban J connectivity index is 1.23. The van der Waals surface area contributed by atoms with Crippen LogP contribution in [0.25, 0.3) is 0 Å². The van der Waals surface area contributed by atoms with Crippen molar-refractivity contribution >= 4 is 6.03 Å². The van der Waals surface area contributed by atoms with Crippen LogP contribution in [0.5, 0.6) is 5.75 Å². The van der Waals surface area contributed by atoms with E-state index < -0.39 is 0 Å². The van der Waals surface area contributed by atoms with Crippen LogP contribution in [0.1, 0.15) is 57.4 Å². The van der Waals surface area contributed by atoms with Crippen molar-refractivity contribution in [3.63, 3.8) is 0 Å². The molecule has 1 spiro atoms. The number of halogens is 1. The number of rotatable bonds is 3. The Morgan fingerprint density at radius 1 is 1.27 bits per heavy atom. The van der Waals surface area contributed by atoms with Crippen LogP contribution >= 0.6 is 0 Å². The highest BCUT2D eigenvalue weighted by molar-refractivity contribution is 5.74. The highest BCUT2D eigenvalue weighted by Gasteiger charge is 2.47. The van der Waals surface area contributed by atoms with Gasteiger partial charge in [0.25, 0.3) is 0 Å². The van der Waals surface area contributed by atoms with Gasteiger partial charge in [-0.2, -0.15) is 0 Å². The second kappa shape index (κ2) is 8.03. The van der Waals surface area contributed by atoms with Gasteiger partial charge in [-0.25, -0.2) is 9.18 Å². The zero-order valence-corrected chi connectivity index (χ0v) is 18.0. The minimum absolute atomic E-state index is 0.0224. The number of ether oxygens (including phenoxy) is 1. The number of fused-ring (bicyclic) bond motifs is 3. The molecule has 3 heterocycles. The molecule has 1 aliphatic carbocycles. The summed E-state index contributed by atoms with van der Waals surface area (Å²) in [4.78, 5) is 17.4. The van der Waals surface area contributed by atoms with E-state index in [1.54, 1.807) is 12.1 Å². The molecule has 5 nitrogen and oxygen atoms in total. The predicted octanol–water partition coefficient (Wildman–Crippen LogP) is 3.91. The summed E-state index contributed by atoms with van der Waals surface area (Å²) in [6.07, 6.45) is 7.69. The molecular weight excluding hydrogens is 381 g/mol. The Labute approximate surface area is 178 Å². The van der Waals surface area contributed by atoms with Gasteiger partial charge in [-0.3, -0.25) is 0 Å². The first-order valence-electron chi connectivity index (χ1n) is 11.8. The topological polar surface area (TPSA) is 44.8 Å². The van der Waals surface area contributed by atoms with Gasteiger partial charge in [0.05, 0.1) is 6.61 Å². The maximum Gasteiger partial charge on any atom is 0.317 e. The summed E-state index contributed by atoms with van der Waals surface area (Å²) in [5.41, 5.74) is 1.05. The highest BCUT2D eigenvalue weighted by atomic mass is 19.1. The number of amides is 2. The minimum Gasteiger partial charge on any atom is -0.492 e. The van der Waals surface area contributed by atoms with Gasteiger partial charge in [0.2, 0.25) is 0 Å². The molecule has 164 valence electrons. The minimum atomic E-state index is -0.164. The Kier molecular flexibility index (Phi) is 5.38. The second-order valence-corrected chi connectivity index (χ2v) is 9.77. The van der Waals surface area contributed by atoms with Crippen LogP contribution in [0.3, 0.4) is 0 Å². The largest absolute Gasteiger partial charge is 0.492 e. The van der Waals surface area contributed by atoms with Crippen molar-refractivity contribution in [1.29, 1.82) is 0 Å². The number of benzene rings is 1. The van der Waals surface area contributed by atoms with Gasteiger partial charge in [-0.1, -0.05) is 6.92 Å². The summed E-state index contributed by atoms with van der Waals surface area (Å²) in [7, 11) is 0. The van der Waals surface area contributed by atoms with Gasteiger partial charge in [-0.05, 0) is 82.2 Å². The van der Waals surface area contributed by atoms with E-state index in [4.69, 9.17) is 4.74 Å². The molecule has 0 bridgehead atoms. The fraction of sp³-hybridized carbons (Fsp3) is 0.708. The van der Waals surface area contributed by atoms with Crippen molar-refractivity contribution in [2.75, 3.05) is 32.8 Å². The molecule has 1 saturated carbocycles. The van der Waals surface area contributed by atoms with E-state index in [-0.39, 0.29) is 17.3 Å². The SMILES string of the molecule is CCCNC(=O)N1CCCC2CC(N3CCC4(CC3)COc3ccc(F)cc34)CC21. The van der Waals surface area contributed by atoms with Crippen LogP contribution in [0, 0.1) is 11.7 Å². The van der Waals surface area contributed by atoms with Crippen molar-refractivity contribution in [3.8, 4) is 5.75 Å². The summed E-state index contributed by atoms with van der Waals surface area (Å²) in [5.74, 6) is 1.34. The van der Waals surface area contributed by atoms with Crippen molar-refractivity contribution in [2.24, 2.45) is 5.92 Å². The normalized spacial score (nSPS) is 30.1. The molecule has 0 radical (unpaired) electrons. The van der Waals surface area contributed by atoms with Crippen LogP contribution in [0.15, 0.2) is 18.2 Å². The zero-order chi connectivity index (χ0) is 20.7. The molecule has 2 saturated heterocycles. The first-order chi connectivity index (χ1) is 14.6. The van der Waals surface area contributed by atoms with Crippen molar-refractivity contribution in [2.45, 2.75) is 69.4 Å². The summed E-state index contributed by atoms with van der Waals surface area (Å²) in [6, 6.07) is 6.05. The summed E-state index contributed by atoms with van der Waals surface area (Å²) < 4.78 is 19.8. The molecule has 0 aromatic heterocycles. The van der Waals surface area contributed by atoms with Crippen LogP contribution in [-0.2, 0) is 5.41 Å². The summed E-state index contributed by atoms with van der Waals surface area (Å²) in [6.45, 7) is 6.49. The Hall–Kier alpha value is -1.82. The van der Waals surface area contributed by atoms with E-state index in [2.05, 4.69) is 22.0 Å². The monoisotopic (exact) mass is 415 g/mol. The highest BCUT2D eigenvalue weighted by Crippen LogP contribution is 2.47. The fourth-order valence-corrected chi connectivity index (χ4v) is 6.41. The van der Waals surface area contributed by atoms with Gasteiger partial charge in [0, 0.05) is 36.2 Å². The molecule has 3 aliphatic heterocycles. The Morgan fingerprint density at radius 2 is 2.10 bits per heavy atom. The maximum atomic E-state index is 13.9. The van der Waals surface area contributed by atoms with Crippen LogP contribution < -0.4 is 10.1 Å². The molecule has 3 atom stereocenters. The molecule has 1 aromatic rings. The maximum absolute atomic E-state index is 13.9. The number of hydrogen-bond acceptors (Lipinski definition) is 3. The lowest BCUT2D eigenvalue weighted by Crippen LogP contribution is -2.51. The first kappa shape index (κ1) is 20.1.